The summed E-state index contributed by atoms with van der Waals surface area (Å²) in [5.74, 6) is -1.08. The van der Waals surface area contributed by atoms with Gasteiger partial charge in [-0.2, -0.15) is 5.10 Å². The molecule has 0 saturated heterocycles. The lowest BCUT2D eigenvalue weighted by Crippen LogP contribution is -2.43. The second kappa shape index (κ2) is 5.38. The molecule has 1 aromatic rings. The average molecular weight is 295 g/mol. The van der Waals surface area contributed by atoms with Crippen LogP contribution in [0.15, 0.2) is 12.4 Å². The second-order valence-electron chi connectivity index (χ2n) is 6.31. The van der Waals surface area contributed by atoms with Gasteiger partial charge in [-0.1, -0.05) is 0 Å². The molecule has 1 saturated carbocycles. The van der Waals surface area contributed by atoms with Gasteiger partial charge in [-0.3, -0.25) is 9.58 Å². The number of nitrogens with zero attached hydrogens (tertiary/aromatic N) is 3. The van der Waals surface area contributed by atoms with Gasteiger partial charge < -0.3 is 9.84 Å². The summed E-state index contributed by atoms with van der Waals surface area (Å²) in [6.45, 7) is 5.28. The van der Waals surface area contributed by atoms with Crippen molar-refractivity contribution in [2.24, 2.45) is 7.05 Å². The molecule has 1 N–H and O–H groups in total. The molecule has 1 amide bonds. The summed E-state index contributed by atoms with van der Waals surface area (Å²) in [5.41, 5.74) is -0.190. The van der Waals surface area contributed by atoms with Gasteiger partial charge >= 0.3 is 12.1 Å². The molecule has 1 aromatic heterocycles. The van der Waals surface area contributed by atoms with E-state index < -0.39 is 23.7 Å². The highest BCUT2D eigenvalue weighted by molar-refractivity contribution is 5.82. The number of carboxylic acid groups (broad SMARTS) is 1. The number of hydrogen-bond donors (Lipinski definition) is 1. The number of carbonyl (C=O) groups is 2. The second-order valence-corrected chi connectivity index (χ2v) is 6.31. The molecule has 0 bridgehead atoms. The Morgan fingerprint density at radius 2 is 2.10 bits per heavy atom. The summed E-state index contributed by atoms with van der Waals surface area (Å²) >= 11 is 0. The first kappa shape index (κ1) is 15.3. The van der Waals surface area contributed by atoms with E-state index in [9.17, 15) is 14.7 Å². The summed E-state index contributed by atoms with van der Waals surface area (Å²) in [7, 11) is 1.71. The minimum absolute atomic E-state index is 0.0823. The fraction of sp³-hybridized carbons (Fsp3) is 0.643. The van der Waals surface area contributed by atoms with Crippen LogP contribution in [0.3, 0.4) is 0 Å². The molecule has 21 heavy (non-hydrogen) atoms. The van der Waals surface area contributed by atoms with Crippen LogP contribution < -0.4 is 0 Å². The Labute approximate surface area is 123 Å². The van der Waals surface area contributed by atoms with Gasteiger partial charge in [0.1, 0.15) is 5.60 Å². The number of aliphatic carboxylic acids is 1. The zero-order valence-electron chi connectivity index (χ0n) is 12.7. The van der Waals surface area contributed by atoms with Gasteiger partial charge in [0.2, 0.25) is 0 Å². The van der Waals surface area contributed by atoms with Crippen LogP contribution in [0.5, 0.6) is 0 Å². The van der Waals surface area contributed by atoms with Gasteiger partial charge in [0.15, 0.2) is 6.04 Å². The Bertz CT molecular complexity index is 543. The fourth-order valence-corrected chi connectivity index (χ4v) is 2.14. The SMILES string of the molecule is Cn1cc(C(C(=O)O)N(C(=O)OC(C)(C)C)C2CC2)cn1. The van der Waals surface area contributed by atoms with Gasteiger partial charge in [-0.25, -0.2) is 9.59 Å². The van der Waals surface area contributed by atoms with E-state index in [1.807, 2.05) is 0 Å². The monoisotopic (exact) mass is 295 g/mol. The van der Waals surface area contributed by atoms with Crippen LogP contribution in [0, 0.1) is 0 Å². The number of aryl methyl sites for hydroxylation is 1. The molecule has 1 unspecified atom stereocenters. The fourth-order valence-electron chi connectivity index (χ4n) is 2.14. The van der Waals surface area contributed by atoms with Crippen LogP contribution in [0.4, 0.5) is 4.79 Å². The Kier molecular flexibility index (Phi) is 3.93. The number of ether oxygens (including phenoxy) is 1. The van der Waals surface area contributed by atoms with E-state index in [4.69, 9.17) is 4.74 Å². The molecule has 116 valence electrons. The topological polar surface area (TPSA) is 84.7 Å². The van der Waals surface area contributed by atoms with Gasteiger partial charge in [0.25, 0.3) is 0 Å². The van der Waals surface area contributed by atoms with Crippen molar-refractivity contribution in [3.63, 3.8) is 0 Å². The van der Waals surface area contributed by atoms with E-state index >= 15 is 0 Å². The molecule has 0 aliphatic heterocycles. The third kappa shape index (κ3) is 3.74. The predicted octanol–water partition coefficient (Wildman–Crippen LogP) is 1.95. The van der Waals surface area contributed by atoms with E-state index in [1.165, 1.54) is 15.8 Å². The van der Waals surface area contributed by atoms with Crippen LogP contribution in [-0.2, 0) is 16.6 Å². The standard InChI is InChI=1S/C14H21N3O4/c1-14(2,3)21-13(20)17(10-5-6-10)11(12(18)19)9-7-15-16(4)8-9/h7-8,10-11H,5-6H2,1-4H3,(H,18,19). The summed E-state index contributed by atoms with van der Waals surface area (Å²) in [4.78, 5) is 25.4. The maximum absolute atomic E-state index is 12.4. The zero-order chi connectivity index (χ0) is 15.8. The number of hydrogen-bond acceptors (Lipinski definition) is 4. The van der Waals surface area contributed by atoms with Crippen LogP contribution >= 0.6 is 0 Å². The lowest BCUT2D eigenvalue weighted by atomic mass is 10.1. The lowest BCUT2D eigenvalue weighted by Gasteiger charge is -2.31. The molecule has 0 aromatic carbocycles. The molecule has 7 heteroatoms. The number of carboxylic acids is 1. The minimum atomic E-state index is -1.08. The molecule has 1 heterocycles. The maximum Gasteiger partial charge on any atom is 0.411 e. The van der Waals surface area contributed by atoms with E-state index in [2.05, 4.69) is 5.10 Å². The van der Waals surface area contributed by atoms with Crippen LogP contribution in [0.1, 0.15) is 45.2 Å². The largest absolute Gasteiger partial charge is 0.479 e. The van der Waals surface area contributed by atoms with E-state index in [0.717, 1.165) is 12.8 Å². The zero-order valence-corrected chi connectivity index (χ0v) is 12.7. The van der Waals surface area contributed by atoms with Crippen molar-refractivity contribution in [1.82, 2.24) is 14.7 Å². The van der Waals surface area contributed by atoms with Crippen molar-refractivity contribution in [2.75, 3.05) is 0 Å². The van der Waals surface area contributed by atoms with Crippen molar-refractivity contribution in [2.45, 2.75) is 51.3 Å². The highest BCUT2D eigenvalue weighted by Gasteiger charge is 2.43. The molecule has 1 fully saturated rings. The third-order valence-corrected chi connectivity index (χ3v) is 3.10. The first-order chi connectivity index (χ1) is 9.69. The van der Waals surface area contributed by atoms with Crippen molar-refractivity contribution in [3.8, 4) is 0 Å². The summed E-state index contributed by atoms with van der Waals surface area (Å²) in [6.07, 6.45) is 4.07. The summed E-state index contributed by atoms with van der Waals surface area (Å²) < 4.78 is 6.88. The van der Waals surface area contributed by atoms with Crippen LogP contribution in [0.2, 0.25) is 0 Å². The maximum atomic E-state index is 12.4. The quantitative estimate of drug-likeness (QED) is 0.917. The molecule has 2 rings (SSSR count). The number of aromatic nitrogens is 2. The molecular weight excluding hydrogens is 274 g/mol. The van der Waals surface area contributed by atoms with Gasteiger partial charge in [-0.15, -0.1) is 0 Å². The molecule has 1 aliphatic rings. The van der Waals surface area contributed by atoms with Crippen LogP contribution in [-0.4, -0.2) is 43.5 Å². The van der Waals surface area contributed by atoms with Gasteiger partial charge in [0, 0.05) is 24.8 Å². The smallest absolute Gasteiger partial charge is 0.411 e. The van der Waals surface area contributed by atoms with Crippen molar-refractivity contribution < 1.29 is 19.4 Å². The van der Waals surface area contributed by atoms with Crippen molar-refractivity contribution in [1.29, 1.82) is 0 Å². The number of rotatable bonds is 4. The average Bonchev–Trinajstić information content (AvgIpc) is 3.05. The summed E-state index contributed by atoms with van der Waals surface area (Å²) in [5, 5.41) is 13.5. The molecule has 0 spiro atoms. The summed E-state index contributed by atoms with van der Waals surface area (Å²) in [6, 6.07) is -1.15. The van der Waals surface area contributed by atoms with E-state index in [-0.39, 0.29) is 6.04 Å². The molecule has 0 radical (unpaired) electrons. The molecule has 1 aliphatic carbocycles. The lowest BCUT2D eigenvalue weighted by molar-refractivity contribution is -0.143. The molecule has 7 nitrogen and oxygen atoms in total. The molecular formula is C14H21N3O4. The Hall–Kier alpha value is -2.05. The highest BCUT2D eigenvalue weighted by atomic mass is 16.6. The normalized spacial score (nSPS) is 16.4. The first-order valence-electron chi connectivity index (χ1n) is 6.91. The van der Waals surface area contributed by atoms with E-state index in [1.54, 1.807) is 34.0 Å². The Morgan fingerprint density at radius 3 is 2.48 bits per heavy atom. The van der Waals surface area contributed by atoms with Crippen LogP contribution in [0.25, 0.3) is 0 Å². The Balaban J connectivity index is 2.30. The first-order valence-corrected chi connectivity index (χ1v) is 6.91. The van der Waals surface area contributed by atoms with Crippen molar-refractivity contribution >= 4 is 12.1 Å². The minimum Gasteiger partial charge on any atom is -0.479 e. The van der Waals surface area contributed by atoms with Gasteiger partial charge in [-0.05, 0) is 33.6 Å². The van der Waals surface area contributed by atoms with Crippen molar-refractivity contribution in [3.05, 3.63) is 18.0 Å². The Morgan fingerprint density at radius 1 is 1.48 bits per heavy atom. The van der Waals surface area contributed by atoms with E-state index in [0.29, 0.717) is 5.56 Å². The van der Waals surface area contributed by atoms with Gasteiger partial charge in [0.05, 0.1) is 6.20 Å². The number of carbonyl (C=O) groups excluding carboxylic acids is 1. The molecule has 1 atom stereocenters. The third-order valence-electron chi connectivity index (χ3n) is 3.10. The predicted molar refractivity (Wildman–Crippen MR) is 74.7 cm³/mol. The number of amides is 1. The highest BCUT2D eigenvalue weighted by Crippen LogP contribution is 2.35.